The van der Waals surface area contributed by atoms with Gasteiger partial charge in [0.25, 0.3) is 0 Å². The first kappa shape index (κ1) is 19.1. The van der Waals surface area contributed by atoms with Gasteiger partial charge in [-0.25, -0.2) is 0 Å². The van der Waals surface area contributed by atoms with Crippen LogP contribution in [0.1, 0.15) is 73.1 Å². The van der Waals surface area contributed by atoms with Crippen LogP contribution in [-0.2, 0) is 19.1 Å². The molecule has 0 amide bonds. The molecule has 3 rings (SSSR count). The molecule has 1 fully saturated rings. The standard InChI is InChI=1S/C22H30O4/c1-6-7-16-19(24)15-8-9-17-13(3)12(2)10-11-22(17,5)18(15)20(25)21(16)26-14(4)23/h12-13,17H,6-11H2,1-5H3. The third-order valence-corrected chi connectivity index (χ3v) is 7.05. The molecule has 1 saturated carbocycles. The van der Waals surface area contributed by atoms with Gasteiger partial charge in [0.15, 0.2) is 11.5 Å². The fourth-order valence-corrected chi connectivity index (χ4v) is 5.50. The lowest BCUT2D eigenvalue weighted by Gasteiger charge is -2.52. The Bertz CT molecular complexity index is 726. The second-order valence-electron chi connectivity index (χ2n) is 8.60. The van der Waals surface area contributed by atoms with Crippen LogP contribution in [0, 0.1) is 23.2 Å². The number of carbonyl (C=O) groups is 3. The first-order valence-electron chi connectivity index (χ1n) is 9.96. The van der Waals surface area contributed by atoms with Crippen molar-refractivity contribution in [1.82, 2.24) is 0 Å². The van der Waals surface area contributed by atoms with Crippen molar-refractivity contribution in [2.75, 3.05) is 0 Å². The molecule has 0 N–H and O–H groups in total. The van der Waals surface area contributed by atoms with Crippen molar-refractivity contribution < 1.29 is 19.1 Å². The lowest BCUT2D eigenvalue weighted by Crippen LogP contribution is -2.47. The zero-order chi connectivity index (χ0) is 19.2. The van der Waals surface area contributed by atoms with Crippen molar-refractivity contribution in [2.45, 2.75) is 73.1 Å². The molecule has 0 bridgehead atoms. The molecule has 3 aliphatic carbocycles. The number of Topliss-reactive ketones (excluding diaryl/α,β-unsaturated/α-hetero) is 2. The van der Waals surface area contributed by atoms with Crippen LogP contribution in [0.5, 0.6) is 0 Å². The monoisotopic (exact) mass is 358 g/mol. The van der Waals surface area contributed by atoms with Crippen LogP contribution in [0.25, 0.3) is 0 Å². The summed E-state index contributed by atoms with van der Waals surface area (Å²) in [6, 6.07) is 0. The van der Waals surface area contributed by atoms with Crippen molar-refractivity contribution in [3.05, 3.63) is 22.5 Å². The number of rotatable bonds is 3. The Balaban J connectivity index is 2.11. The van der Waals surface area contributed by atoms with Gasteiger partial charge >= 0.3 is 5.97 Å². The number of carbonyl (C=O) groups excluding carboxylic acids is 3. The molecule has 0 radical (unpaired) electrons. The molecule has 0 aromatic carbocycles. The first-order valence-corrected chi connectivity index (χ1v) is 9.96. The number of hydrogen-bond donors (Lipinski definition) is 0. The summed E-state index contributed by atoms with van der Waals surface area (Å²) in [5, 5.41) is 0. The summed E-state index contributed by atoms with van der Waals surface area (Å²) in [6.07, 6.45) is 4.80. The minimum absolute atomic E-state index is 0.00347. The topological polar surface area (TPSA) is 60.4 Å². The number of ketones is 2. The highest BCUT2D eigenvalue weighted by molar-refractivity contribution is 6.25. The van der Waals surface area contributed by atoms with Gasteiger partial charge in [-0.05, 0) is 49.9 Å². The van der Waals surface area contributed by atoms with E-state index in [2.05, 4.69) is 20.8 Å². The van der Waals surface area contributed by atoms with E-state index in [9.17, 15) is 14.4 Å². The van der Waals surface area contributed by atoms with Gasteiger partial charge < -0.3 is 4.74 Å². The second kappa shape index (κ2) is 6.79. The van der Waals surface area contributed by atoms with E-state index in [0.717, 1.165) is 25.7 Å². The largest absolute Gasteiger partial charge is 0.422 e. The number of allylic oxidation sites excluding steroid dienone is 3. The van der Waals surface area contributed by atoms with Gasteiger partial charge in [-0.15, -0.1) is 0 Å². The summed E-state index contributed by atoms with van der Waals surface area (Å²) in [6.45, 7) is 9.96. The highest BCUT2D eigenvalue weighted by Crippen LogP contribution is 2.58. The lowest BCUT2D eigenvalue weighted by atomic mass is 9.51. The van der Waals surface area contributed by atoms with Gasteiger partial charge in [-0.3, -0.25) is 14.4 Å². The predicted molar refractivity (Wildman–Crippen MR) is 99.1 cm³/mol. The highest BCUT2D eigenvalue weighted by atomic mass is 16.5. The molecule has 4 nitrogen and oxygen atoms in total. The van der Waals surface area contributed by atoms with E-state index in [1.54, 1.807) is 0 Å². The van der Waals surface area contributed by atoms with Crippen LogP contribution < -0.4 is 0 Å². The van der Waals surface area contributed by atoms with E-state index in [0.29, 0.717) is 47.3 Å². The van der Waals surface area contributed by atoms with E-state index < -0.39 is 5.97 Å². The van der Waals surface area contributed by atoms with E-state index >= 15 is 0 Å². The zero-order valence-corrected chi connectivity index (χ0v) is 16.6. The Morgan fingerprint density at radius 3 is 2.50 bits per heavy atom. The van der Waals surface area contributed by atoms with Crippen molar-refractivity contribution >= 4 is 17.5 Å². The van der Waals surface area contributed by atoms with Gasteiger partial charge in [0, 0.05) is 29.1 Å². The maximum Gasteiger partial charge on any atom is 0.308 e. The van der Waals surface area contributed by atoms with Gasteiger partial charge in [0.2, 0.25) is 5.78 Å². The maximum absolute atomic E-state index is 13.4. The molecule has 0 aromatic rings. The van der Waals surface area contributed by atoms with E-state index in [-0.39, 0.29) is 22.7 Å². The lowest BCUT2D eigenvalue weighted by molar-refractivity contribution is -0.140. The highest BCUT2D eigenvalue weighted by Gasteiger charge is 2.53. The Hall–Kier alpha value is -1.71. The summed E-state index contributed by atoms with van der Waals surface area (Å²) in [5.41, 5.74) is 1.43. The molecular formula is C22H30O4. The molecule has 4 atom stereocenters. The van der Waals surface area contributed by atoms with Crippen LogP contribution in [0.4, 0.5) is 0 Å². The molecule has 4 heteroatoms. The Labute approximate surface area is 156 Å². The van der Waals surface area contributed by atoms with Crippen molar-refractivity contribution in [3.8, 4) is 0 Å². The minimum Gasteiger partial charge on any atom is -0.422 e. The summed E-state index contributed by atoms with van der Waals surface area (Å²) in [5.74, 6) is 0.717. The van der Waals surface area contributed by atoms with E-state index in [1.165, 1.54) is 6.92 Å². The summed E-state index contributed by atoms with van der Waals surface area (Å²) >= 11 is 0. The fourth-order valence-electron chi connectivity index (χ4n) is 5.50. The van der Waals surface area contributed by atoms with Gasteiger partial charge in [0.05, 0.1) is 0 Å². The summed E-state index contributed by atoms with van der Waals surface area (Å²) in [7, 11) is 0. The minimum atomic E-state index is -0.540. The third kappa shape index (κ3) is 2.78. The number of ether oxygens (including phenoxy) is 1. The van der Waals surface area contributed by atoms with Crippen molar-refractivity contribution in [2.24, 2.45) is 23.2 Å². The number of fused-ring (bicyclic) bond motifs is 2. The van der Waals surface area contributed by atoms with Crippen LogP contribution in [0.2, 0.25) is 0 Å². The van der Waals surface area contributed by atoms with Crippen molar-refractivity contribution in [1.29, 1.82) is 0 Å². The summed E-state index contributed by atoms with van der Waals surface area (Å²) in [4.78, 5) is 38.2. The van der Waals surface area contributed by atoms with Gasteiger partial charge in [0.1, 0.15) is 0 Å². The molecule has 3 aliphatic rings. The Morgan fingerprint density at radius 1 is 1.19 bits per heavy atom. The van der Waals surface area contributed by atoms with Gasteiger partial charge in [-0.2, -0.15) is 0 Å². The van der Waals surface area contributed by atoms with E-state index in [1.807, 2.05) is 6.92 Å². The van der Waals surface area contributed by atoms with Crippen molar-refractivity contribution in [3.63, 3.8) is 0 Å². The fraction of sp³-hybridized carbons (Fsp3) is 0.682. The van der Waals surface area contributed by atoms with E-state index in [4.69, 9.17) is 4.74 Å². The second-order valence-corrected chi connectivity index (χ2v) is 8.60. The van der Waals surface area contributed by atoms with Crippen LogP contribution >= 0.6 is 0 Å². The quantitative estimate of drug-likeness (QED) is 0.549. The van der Waals surface area contributed by atoms with Crippen LogP contribution in [0.3, 0.4) is 0 Å². The Morgan fingerprint density at radius 2 is 1.88 bits per heavy atom. The average Bonchev–Trinajstić information content (AvgIpc) is 2.58. The molecule has 4 unspecified atom stereocenters. The van der Waals surface area contributed by atoms with Gasteiger partial charge in [-0.1, -0.05) is 34.1 Å². The van der Waals surface area contributed by atoms with Crippen LogP contribution in [-0.4, -0.2) is 17.5 Å². The molecule has 0 aromatic heterocycles. The number of esters is 1. The predicted octanol–water partition coefficient (Wildman–Crippen LogP) is 4.53. The van der Waals surface area contributed by atoms with Crippen LogP contribution in [0.15, 0.2) is 22.5 Å². The first-order chi connectivity index (χ1) is 12.2. The molecule has 0 saturated heterocycles. The smallest absolute Gasteiger partial charge is 0.308 e. The SMILES string of the molecule is CCCC1=C(OC(C)=O)C(=O)C2=C(CCC3C(C)C(C)CCC23C)C1=O. The molecule has 142 valence electrons. The average molecular weight is 358 g/mol. The Kier molecular flexibility index (Phi) is 4.98. The molecule has 0 aliphatic heterocycles. The molecular weight excluding hydrogens is 328 g/mol. The third-order valence-electron chi connectivity index (χ3n) is 7.05. The number of hydrogen-bond acceptors (Lipinski definition) is 4. The molecule has 0 heterocycles. The normalized spacial score (nSPS) is 34.6. The summed E-state index contributed by atoms with van der Waals surface area (Å²) < 4.78 is 5.30. The molecule has 26 heavy (non-hydrogen) atoms. The maximum atomic E-state index is 13.4. The molecule has 0 spiro atoms. The zero-order valence-electron chi connectivity index (χ0n) is 16.6.